The summed E-state index contributed by atoms with van der Waals surface area (Å²) in [6.45, 7) is 2.56. The molecular weight excluding hydrogens is 280 g/mol. The number of benzene rings is 1. The molecule has 1 heterocycles. The molecule has 0 aliphatic carbocycles. The molecule has 1 aliphatic rings. The van der Waals surface area contributed by atoms with Crippen LogP contribution < -0.4 is 10.6 Å². The summed E-state index contributed by atoms with van der Waals surface area (Å²) in [5.41, 5.74) is 2.00. The minimum Gasteiger partial charge on any atom is -0.348 e. The van der Waals surface area contributed by atoms with Crippen LogP contribution in [-0.4, -0.2) is 25.5 Å². The van der Waals surface area contributed by atoms with Crippen LogP contribution in [0.4, 0.5) is 0 Å². The first-order chi connectivity index (χ1) is 8.25. The van der Waals surface area contributed by atoms with Crippen LogP contribution in [0.15, 0.2) is 40.4 Å². The third kappa shape index (κ3) is 3.68. The number of hydrogen-bond donors (Lipinski definition) is 2. The van der Waals surface area contributed by atoms with Crippen LogP contribution in [0, 0.1) is 0 Å². The van der Waals surface area contributed by atoms with E-state index in [0.29, 0.717) is 12.1 Å². The summed E-state index contributed by atoms with van der Waals surface area (Å²) in [6, 6.07) is 7.38. The highest BCUT2D eigenvalue weighted by atomic mass is 79.9. The Morgan fingerprint density at radius 3 is 2.76 bits per heavy atom. The highest BCUT2D eigenvalue weighted by Crippen LogP contribution is 2.10. The maximum Gasteiger partial charge on any atom is 0.251 e. The molecule has 0 aromatic heterocycles. The first-order valence-corrected chi connectivity index (χ1v) is 6.47. The van der Waals surface area contributed by atoms with Crippen LogP contribution in [0.5, 0.6) is 0 Å². The minimum atomic E-state index is -0.0167. The molecule has 17 heavy (non-hydrogen) atoms. The fourth-order valence-electron chi connectivity index (χ4n) is 1.73. The lowest BCUT2D eigenvalue weighted by Crippen LogP contribution is -2.29. The molecule has 0 unspecified atom stereocenters. The first kappa shape index (κ1) is 12.3. The molecule has 0 radical (unpaired) electrons. The summed E-state index contributed by atoms with van der Waals surface area (Å²) >= 11 is 3.35. The molecule has 1 aromatic carbocycles. The fourth-order valence-corrected chi connectivity index (χ4v) is 1.99. The molecule has 90 valence electrons. The Morgan fingerprint density at radius 1 is 1.35 bits per heavy atom. The molecule has 0 fully saturated rings. The van der Waals surface area contributed by atoms with Crippen molar-refractivity contribution in [3.8, 4) is 0 Å². The second-order valence-electron chi connectivity index (χ2n) is 4.01. The Morgan fingerprint density at radius 2 is 2.12 bits per heavy atom. The lowest BCUT2D eigenvalue weighted by molar-refractivity contribution is 0.0956. The van der Waals surface area contributed by atoms with Crippen LogP contribution in [0.1, 0.15) is 16.8 Å². The molecule has 0 bridgehead atoms. The van der Waals surface area contributed by atoms with Gasteiger partial charge in [0.15, 0.2) is 0 Å². The molecule has 0 atom stereocenters. The van der Waals surface area contributed by atoms with Gasteiger partial charge in [0.2, 0.25) is 0 Å². The number of amides is 1. The zero-order valence-corrected chi connectivity index (χ0v) is 11.1. The van der Waals surface area contributed by atoms with Crippen molar-refractivity contribution >= 4 is 21.8 Å². The van der Waals surface area contributed by atoms with Crippen LogP contribution in [0.25, 0.3) is 0 Å². The minimum absolute atomic E-state index is 0.0167. The number of halogens is 1. The lowest BCUT2D eigenvalue weighted by atomic mass is 10.1. The van der Waals surface area contributed by atoms with E-state index in [0.717, 1.165) is 24.0 Å². The molecule has 0 spiro atoms. The monoisotopic (exact) mass is 294 g/mol. The number of carbonyl (C=O) groups excluding carboxylic acids is 1. The molecule has 2 rings (SSSR count). The van der Waals surface area contributed by atoms with Gasteiger partial charge >= 0.3 is 0 Å². The summed E-state index contributed by atoms with van der Waals surface area (Å²) in [6.07, 6.45) is 3.16. The molecule has 1 aliphatic heterocycles. The highest BCUT2D eigenvalue weighted by Gasteiger charge is 2.07. The molecule has 4 heteroatoms. The van der Waals surface area contributed by atoms with E-state index < -0.39 is 0 Å². The molecule has 0 saturated carbocycles. The standard InChI is InChI=1S/C13H15BrN2O/c14-12-3-1-11(2-4-12)13(17)16-9-10-5-7-15-8-6-10/h1-5,15H,6-9H2,(H,16,17). The zero-order valence-electron chi connectivity index (χ0n) is 9.50. The zero-order chi connectivity index (χ0) is 12.1. The van der Waals surface area contributed by atoms with Gasteiger partial charge in [-0.25, -0.2) is 0 Å². The molecule has 1 aromatic rings. The Balaban J connectivity index is 1.88. The van der Waals surface area contributed by atoms with E-state index in [9.17, 15) is 4.79 Å². The van der Waals surface area contributed by atoms with Gasteiger partial charge in [-0.15, -0.1) is 0 Å². The third-order valence-corrected chi connectivity index (χ3v) is 3.27. The topological polar surface area (TPSA) is 41.1 Å². The van der Waals surface area contributed by atoms with Crippen molar-refractivity contribution < 1.29 is 4.79 Å². The molecule has 1 amide bonds. The second-order valence-corrected chi connectivity index (χ2v) is 4.92. The van der Waals surface area contributed by atoms with Crippen molar-refractivity contribution in [2.75, 3.05) is 19.6 Å². The summed E-state index contributed by atoms with van der Waals surface area (Å²) in [5.74, 6) is -0.0167. The summed E-state index contributed by atoms with van der Waals surface area (Å²) in [7, 11) is 0. The fraction of sp³-hybridized carbons (Fsp3) is 0.308. The molecule has 3 nitrogen and oxygen atoms in total. The van der Waals surface area contributed by atoms with Gasteiger partial charge in [-0.1, -0.05) is 27.6 Å². The van der Waals surface area contributed by atoms with Crippen molar-refractivity contribution in [1.82, 2.24) is 10.6 Å². The van der Waals surface area contributed by atoms with Crippen molar-refractivity contribution in [2.24, 2.45) is 0 Å². The van der Waals surface area contributed by atoms with Gasteiger partial charge in [-0.2, -0.15) is 0 Å². The second kappa shape index (κ2) is 5.98. The summed E-state index contributed by atoms with van der Waals surface area (Å²) in [4.78, 5) is 11.8. The average molecular weight is 295 g/mol. The normalized spacial score (nSPS) is 15.2. The first-order valence-electron chi connectivity index (χ1n) is 5.68. The number of rotatable bonds is 3. The van der Waals surface area contributed by atoms with Gasteiger partial charge in [-0.3, -0.25) is 4.79 Å². The number of nitrogens with one attached hydrogen (secondary N) is 2. The highest BCUT2D eigenvalue weighted by molar-refractivity contribution is 9.10. The van der Waals surface area contributed by atoms with E-state index in [1.165, 1.54) is 5.57 Å². The van der Waals surface area contributed by atoms with Crippen LogP contribution >= 0.6 is 15.9 Å². The summed E-state index contributed by atoms with van der Waals surface area (Å²) in [5, 5.41) is 6.18. The summed E-state index contributed by atoms with van der Waals surface area (Å²) < 4.78 is 0.982. The quantitative estimate of drug-likeness (QED) is 0.839. The number of hydrogen-bond acceptors (Lipinski definition) is 2. The van der Waals surface area contributed by atoms with Crippen molar-refractivity contribution in [3.63, 3.8) is 0 Å². The van der Waals surface area contributed by atoms with Gasteiger partial charge < -0.3 is 10.6 Å². The lowest BCUT2D eigenvalue weighted by Gasteiger charge is -2.14. The van der Waals surface area contributed by atoms with Crippen LogP contribution in [-0.2, 0) is 0 Å². The van der Waals surface area contributed by atoms with Crippen LogP contribution in [0.2, 0.25) is 0 Å². The van der Waals surface area contributed by atoms with Crippen molar-refractivity contribution in [2.45, 2.75) is 6.42 Å². The molecule has 0 saturated heterocycles. The maximum atomic E-state index is 11.8. The van der Waals surface area contributed by atoms with E-state index in [4.69, 9.17) is 0 Å². The third-order valence-electron chi connectivity index (χ3n) is 2.74. The van der Waals surface area contributed by atoms with E-state index in [-0.39, 0.29) is 5.91 Å². The molecule has 2 N–H and O–H groups in total. The van der Waals surface area contributed by atoms with Gasteiger partial charge in [-0.05, 0) is 37.2 Å². The van der Waals surface area contributed by atoms with E-state index in [1.54, 1.807) is 0 Å². The van der Waals surface area contributed by atoms with E-state index in [1.807, 2.05) is 24.3 Å². The van der Waals surface area contributed by atoms with Crippen molar-refractivity contribution in [3.05, 3.63) is 46.0 Å². The number of carbonyl (C=O) groups is 1. The van der Waals surface area contributed by atoms with Gasteiger partial charge in [0.05, 0.1) is 0 Å². The van der Waals surface area contributed by atoms with E-state index >= 15 is 0 Å². The van der Waals surface area contributed by atoms with Gasteiger partial charge in [0.1, 0.15) is 0 Å². The van der Waals surface area contributed by atoms with Crippen molar-refractivity contribution in [1.29, 1.82) is 0 Å². The van der Waals surface area contributed by atoms with Gasteiger partial charge in [0, 0.05) is 23.1 Å². The van der Waals surface area contributed by atoms with Gasteiger partial charge in [0.25, 0.3) is 5.91 Å². The smallest absolute Gasteiger partial charge is 0.251 e. The van der Waals surface area contributed by atoms with E-state index in [2.05, 4.69) is 32.6 Å². The van der Waals surface area contributed by atoms with Crippen LogP contribution in [0.3, 0.4) is 0 Å². The average Bonchev–Trinajstić information content (AvgIpc) is 2.38. The Hall–Kier alpha value is -1.13. The largest absolute Gasteiger partial charge is 0.348 e. The Kier molecular flexibility index (Phi) is 4.34. The maximum absolute atomic E-state index is 11.8. The predicted octanol–water partition coefficient (Wildman–Crippen LogP) is 2.10. The SMILES string of the molecule is O=C(NCC1=CCNCC1)c1ccc(Br)cc1. The molecular formula is C13H15BrN2O. The Bertz CT molecular complexity index is 426. The predicted molar refractivity (Wildman–Crippen MR) is 72.0 cm³/mol. The Labute approximate surface area is 109 Å².